The molecule has 0 unspecified atom stereocenters. The van der Waals surface area contributed by atoms with Crippen molar-refractivity contribution in [2.75, 3.05) is 23.8 Å². The molecule has 0 radical (unpaired) electrons. The number of nitrogens with zero attached hydrogens (tertiary/aromatic N) is 4. The van der Waals surface area contributed by atoms with Crippen LogP contribution in [-0.2, 0) is 11.2 Å². The number of fused-ring (bicyclic) bond motifs is 1. The van der Waals surface area contributed by atoms with Crippen LogP contribution in [0.15, 0.2) is 48.5 Å². The smallest absolute Gasteiger partial charge is 0.358 e. The van der Waals surface area contributed by atoms with E-state index in [0.717, 1.165) is 31.4 Å². The zero-order valence-electron chi connectivity index (χ0n) is 22.2. The van der Waals surface area contributed by atoms with Crippen molar-refractivity contribution in [2.24, 2.45) is 0 Å². The molecule has 0 fully saturated rings. The molecule has 2 aromatic carbocycles. The fourth-order valence-electron chi connectivity index (χ4n) is 3.88. The number of thiazole rings is 2. The van der Waals surface area contributed by atoms with E-state index in [1.54, 1.807) is 36.5 Å². The van der Waals surface area contributed by atoms with E-state index in [2.05, 4.69) is 30.8 Å². The molecule has 0 atom stereocenters. The van der Waals surface area contributed by atoms with Crippen LogP contribution in [0.2, 0.25) is 0 Å². The maximum absolute atomic E-state index is 13.8. The van der Waals surface area contributed by atoms with Gasteiger partial charge in [0.25, 0.3) is 0 Å². The molecule has 0 bridgehead atoms. The van der Waals surface area contributed by atoms with Gasteiger partial charge in [-0.25, -0.2) is 19.2 Å². The average molecular weight is 579 g/mol. The van der Waals surface area contributed by atoms with Crippen molar-refractivity contribution in [1.29, 1.82) is 0 Å². The van der Waals surface area contributed by atoms with Gasteiger partial charge in [0, 0.05) is 16.0 Å². The predicted octanol–water partition coefficient (Wildman–Crippen LogP) is 6.97. The molecule has 12 heteroatoms. The third-order valence-corrected chi connectivity index (χ3v) is 8.06. The van der Waals surface area contributed by atoms with Gasteiger partial charge < -0.3 is 20.1 Å². The molecule has 40 heavy (non-hydrogen) atoms. The number of ether oxygens (including phenoxy) is 2. The normalized spacial score (nSPS) is 11.0. The van der Waals surface area contributed by atoms with E-state index in [0.29, 0.717) is 29.6 Å². The summed E-state index contributed by atoms with van der Waals surface area (Å²) in [5.74, 6) is 0.443. The van der Waals surface area contributed by atoms with Crippen LogP contribution < -0.4 is 15.4 Å². The molecule has 2 N–H and O–H groups in total. The minimum Gasteiger partial charge on any atom is -0.491 e. The molecule has 5 aromatic rings. The summed E-state index contributed by atoms with van der Waals surface area (Å²) in [6.07, 6.45) is 1.07. The number of benzene rings is 2. The number of nitrogens with one attached hydrogen (secondary N) is 2. The summed E-state index contributed by atoms with van der Waals surface area (Å²) >= 11 is 2.88. The molecule has 0 aliphatic heterocycles. The quantitative estimate of drug-likeness (QED) is 0.127. The first kappa shape index (κ1) is 27.4. The summed E-state index contributed by atoms with van der Waals surface area (Å²) in [6, 6.07) is 14.2. The standard InChI is InChI=1S/C28H27FN6O3S2/c1-4-37-26(36)23-22(14-9-15-38-20-12-7-5-10-18(20)29)40-28(31-23)33-25-17(3)16(2)24(34-35-25)32-27-30-19-11-6-8-13-21(19)39-27/h5-8,10-13H,4,9,14-15H2,1-3H3,(H,30,32,34)(H,31,33,35). The Morgan fingerprint density at radius 1 is 0.925 bits per heavy atom. The topological polar surface area (TPSA) is 111 Å². The highest BCUT2D eigenvalue weighted by atomic mass is 32.1. The highest BCUT2D eigenvalue weighted by Gasteiger charge is 2.21. The fourth-order valence-corrected chi connectivity index (χ4v) is 5.74. The SMILES string of the molecule is CCOC(=O)c1nc(Nc2nnc(Nc3nc4ccccc4s3)c(C)c2C)sc1CCCOc1ccccc1F. The van der Waals surface area contributed by atoms with Crippen molar-refractivity contribution < 1.29 is 18.7 Å². The van der Waals surface area contributed by atoms with E-state index in [1.807, 2.05) is 38.1 Å². The zero-order chi connectivity index (χ0) is 28.1. The number of carbonyl (C=O) groups is 1. The Labute approximate surface area is 238 Å². The van der Waals surface area contributed by atoms with Gasteiger partial charge >= 0.3 is 5.97 Å². The number of halogens is 1. The van der Waals surface area contributed by atoms with E-state index < -0.39 is 11.8 Å². The Balaban J connectivity index is 1.29. The summed E-state index contributed by atoms with van der Waals surface area (Å²) in [7, 11) is 0. The first-order valence-electron chi connectivity index (χ1n) is 12.7. The second-order valence-electron chi connectivity index (χ2n) is 8.78. The number of rotatable bonds is 11. The highest BCUT2D eigenvalue weighted by Crippen LogP contribution is 2.32. The van der Waals surface area contributed by atoms with Gasteiger partial charge in [-0.05, 0) is 57.9 Å². The van der Waals surface area contributed by atoms with E-state index in [1.165, 1.54) is 17.4 Å². The Morgan fingerprint density at radius 3 is 2.30 bits per heavy atom. The van der Waals surface area contributed by atoms with Crippen molar-refractivity contribution >= 4 is 60.8 Å². The maximum atomic E-state index is 13.8. The molecule has 0 aliphatic carbocycles. The first-order chi connectivity index (χ1) is 19.4. The molecule has 206 valence electrons. The lowest BCUT2D eigenvalue weighted by Gasteiger charge is -2.11. The van der Waals surface area contributed by atoms with Gasteiger partial charge in [-0.2, -0.15) is 0 Å². The Bertz CT molecular complexity index is 1620. The van der Waals surface area contributed by atoms with E-state index in [4.69, 9.17) is 9.47 Å². The Kier molecular flexibility index (Phi) is 8.46. The number of hydrogen-bond acceptors (Lipinski definition) is 11. The molecule has 0 saturated heterocycles. The molecule has 9 nitrogen and oxygen atoms in total. The predicted molar refractivity (Wildman–Crippen MR) is 156 cm³/mol. The summed E-state index contributed by atoms with van der Waals surface area (Å²) in [6.45, 7) is 6.17. The number of aromatic nitrogens is 4. The van der Waals surface area contributed by atoms with E-state index in [9.17, 15) is 9.18 Å². The first-order valence-corrected chi connectivity index (χ1v) is 14.3. The van der Waals surface area contributed by atoms with Crippen molar-refractivity contribution in [1.82, 2.24) is 20.2 Å². The summed E-state index contributed by atoms with van der Waals surface area (Å²) in [5, 5.41) is 16.5. The van der Waals surface area contributed by atoms with Crippen LogP contribution in [0.3, 0.4) is 0 Å². The van der Waals surface area contributed by atoms with Crippen LogP contribution in [0, 0.1) is 19.7 Å². The van der Waals surface area contributed by atoms with Crippen LogP contribution in [0.4, 0.5) is 26.3 Å². The van der Waals surface area contributed by atoms with Crippen molar-refractivity contribution in [3.63, 3.8) is 0 Å². The second-order valence-corrected chi connectivity index (χ2v) is 10.9. The van der Waals surface area contributed by atoms with Gasteiger partial charge in [0.2, 0.25) is 0 Å². The van der Waals surface area contributed by atoms with Gasteiger partial charge in [0.1, 0.15) is 0 Å². The zero-order valence-corrected chi connectivity index (χ0v) is 23.8. The molecular weight excluding hydrogens is 551 g/mol. The third-order valence-electron chi connectivity index (χ3n) is 6.08. The third kappa shape index (κ3) is 6.18. The average Bonchev–Trinajstić information content (AvgIpc) is 3.55. The Hall–Kier alpha value is -4.16. The van der Waals surface area contributed by atoms with Gasteiger partial charge in [0.05, 0.1) is 23.4 Å². The minimum absolute atomic E-state index is 0.199. The number of hydrogen-bond donors (Lipinski definition) is 2. The molecular formula is C28H27FN6O3S2. The number of esters is 1. The van der Waals surface area contributed by atoms with Crippen LogP contribution in [0.25, 0.3) is 10.2 Å². The second kappa shape index (κ2) is 12.3. The number of aryl methyl sites for hydroxylation is 1. The molecule has 3 aromatic heterocycles. The van der Waals surface area contributed by atoms with Crippen molar-refractivity contribution in [2.45, 2.75) is 33.6 Å². The van der Waals surface area contributed by atoms with Gasteiger partial charge in [-0.1, -0.05) is 35.6 Å². The lowest BCUT2D eigenvalue weighted by molar-refractivity contribution is 0.0519. The molecule has 0 aliphatic rings. The molecule has 0 saturated carbocycles. The lowest BCUT2D eigenvalue weighted by atomic mass is 10.2. The number of para-hydroxylation sites is 2. The summed E-state index contributed by atoms with van der Waals surface area (Å²) < 4.78 is 25.7. The van der Waals surface area contributed by atoms with Crippen LogP contribution >= 0.6 is 22.7 Å². The minimum atomic E-state index is -0.494. The molecule has 0 amide bonds. The molecule has 5 rings (SSSR count). The molecule has 0 spiro atoms. The number of carbonyl (C=O) groups excluding carboxylic acids is 1. The van der Waals surface area contributed by atoms with Crippen LogP contribution in [-0.4, -0.2) is 39.3 Å². The van der Waals surface area contributed by atoms with E-state index >= 15 is 0 Å². The van der Waals surface area contributed by atoms with Gasteiger partial charge in [0.15, 0.2) is 39.2 Å². The summed E-state index contributed by atoms with van der Waals surface area (Å²) in [5.41, 5.74) is 2.96. The Morgan fingerprint density at radius 2 is 1.60 bits per heavy atom. The van der Waals surface area contributed by atoms with Crippen LogP contribution in [0.1, 0.15) is 39.8 Å². The highest BCUT2D eigenvalue weighted by molar-refractivity contribution is 7.22. The lowest BCUT2D eigenvalue weighted by Crippen LogP contribution is -2.09. The van der Waals surface area contributed by atoms with Gasteiger partial charge in [-0.3, -0.25) is 0 Å². The van der Waals surface area contributed by atoms with Crippen molar-refractivity contribution in [3.05, 3.63) is 76.0 Å². The number of anilines is 4. The van der Waals surface area contributed by atoms with Crippen molar-refractivity contribution in [3.8, 4) is 5.75 Å². The summed E-state index contributed by atoms with van der Waals surface area (Å²) in [4.78, 5) is 22.5. The maximum Gasteiger partial charge on any atom is 0.358 e. The van der Waals surface area contributed by atoms with E-state index in [-0.39, 0.29) is 24.7 Å². The van der Waals surface area contributed by atoms with Crippen LogP contribution in [0.5, 0.6) is 5.75 Å². The monoisotopic (exact) mass is 578 g/mol. The largest absolute Gasteiger partial charge is 0.491 e. The molecule has 3 heterocycles. The fraction of sp³-hybridized carbons (Fsp3) is 0.250. The van der Waals surface area contributed by atoms with Gasteiger partial charge in [-0.15, -0.1) is 21.5 Å².